The van der Waals surface area contributed by atoms with Gasteiger partial charge >= 0.3 is 0 Å². The first-order valence-corrected chi connectivity index (χ1v) is 12.0. The van der Waals surface area contributed by atoms with Gasteiger partial charge in [0.15, 0.2) is 0 Å². The van der Waals surface area contributed by atoms with Crippen LogP contribution in [0.4, 0.5) is 11.4 Å². The van der Waals surface area contributed by atoms with Crippen LogP contribution in [0.1, 0.15) is 29.2 Å². The SMILES string of the molecule is Cc1ccc(C)c(N2CCN(C(=O)C[C@H](C(=O)N3CCc4ccccc43)n3ccnc3)CC2)c1. The van der Waals surface area contributed by atoms with E-state index >= 15 is 0 Å². The standard InChI is InChI=1S/C27H31N5O2/c1-20-7-8-21(2)24(17-20)29-13-15-30(16-14-29)26(33)18-25(31-12-10-28-19-31)27(34)32-11-9-22-5-3-4-6-23(22)32/h3-8,10,12,17,19,25H,9,11,13-16,18H2,1-2H3/t25-/m1/s1. The zero-order valence-corrected chi connectivity index (χ0v) is 19.9. The van der Waals surface area contributed by atoms with E-state index in [0.717, 1.165) is 25.2 Å². The molecule has 3 heterocycles. The summed E-state index contributed by atoms with van der Waals surface area (Å²) in [5.41, 5.74) is 5.86. The smallest absolute Gasteiger partial charge is 0.250 e. The summed E-state index contributed by atoms with van der Waals surface area (Å²) < 4.78 is 1.77. The number of amides is 2. The number of carbonyl (C=O) groups excluding carboxylic acids is 2. The van der Waals surface area contributed by atoms with E-state index in [-0.39, 0.29) is 18.2 Å². The molecule has 176 valence electrons. The van der Waals surface area contributed by atoms with Crippen LogP contribution in [-0.2, 0) is 16.0 Å². The van der Waals surface area contributed by atoms with Gasteiger partial charge in [0.05, 0.1) is 12.7 Å². The minimum atomic E-state index is -0.599. The molecule has 5 rings (SSSR count). The maximum absolute atomic E-state index is 13.6. The van der Waals surface area contributed by atoms with E-state index in [9.17, 15) is 9.59 Å². The average Bonchev–Trinajstić information content (AvgIpc) is 3.54. The number of benzene rings is 2. The van der Waals surface area contributed by atoms with E-state index in [1.807, 2.05) is 28.0 Å². The lowest BCUT2D eigenvalue weighted by Crippen LogP contribution is -2.50. The molecule has 34 heavy (non-hydrogen) atoms. The fourth-order valence-electron chi connectivity index (χ4n) is 5.07. The third-order valence-corrected chi connectivity index (χ3v) is 7.03. The summed E-state index contributed by atoms with van der Waals surface area (Å²) in [6, 6.07) is 13.9. The molecule has 0 unspecified atom stereocenters. The minimum Gasteiger partial charge on any atom is -0.368 e. The van der Waals surface area contributed by atoms with Crippen molar-refractivity contribution in [2.75, 3.05) is 42.5 Å². The second-order valence-electron chi connectivity index (χ2n) is 9.26. The first-order valence-electron chi connectivity index (χ1n) is 12.0. The number of hydrogen-bond acceptors (Lipinski definition) is 4. The van der Waals surface area contributed by atoms with Crippen LogP contribution >= 0.6 is 0 Å². The number of aromatic nitrogens is 2. The van der Waals surface area contributed by atoms with Crippen LogP contribution in [0.15, 0.2) is 61.2 Å². The van der Waals surface area contributed by atoms with Crippen LogP contribution in [0, 0.1) is 13.8 Å². The van der Waals surface area contributed by atoms with Gasteiger partial charge in [0.1, 0.15) is 6.04 Å². The van der Waals surface area contributed by atoms with E-state index in [4.69, 9.17) is 0 Å². The molecule has 2 aliphatic rings. The number of nitrogens with zero attached hydrogens (tertiary/aromatic N) is 5. The molecule has 0 radical (unpaired) electrons. The molecule has 7 heteroatoms. The van der Waals surface area contributed by atoms with Crippen molar-refractivity contribution in [1.29, 1.82) is 0 Å². The molecule has 2 aliphatic heterocycles. The van der Waals surface area contributed by atoms with Gasteiger partial charge in [-0.1, -0.05) is 30.3 Å². The van der Waals surface area contributed by atoms with Gasteiger partial charge in [-0.3, -0.25) is 9.59 Å². The summed E-state index contributed by atoms with van der Waals surface area (Å²) in [5, 5.41) is 0. The van der Waals surface area contributed by atoms with Crippen molar-refractivity contribution < 1.29 is 9.59 Å². The number of fused-ring (bicyclic) bond motifs is 1. The molecule has 0 saturated carbocycles. The zero-order chi connectivity index (χ0) is 23.7. The van der Waals surface area contributed by atoms with Crippen molar-refractivity contribution >= 4 is 23.2 Å². The predicted molar refractivity (Wildman–Crippen MR) is 133 cm³/mol. The number of anilines is 2. The van der Waals surface area contributed by atoms with Crippen LogP contribution in [0.2, 0.25) is 0 Å². The topological polar surface area (TPSA) is 61.7 Å². The molecule has 3 aromatic rings. The molecule has 1 atom stereocenters. The third kappa shape index (κ3) is 4.30. The molecule has 1 saturated heterocycles. The van der Waals surface area contributed by atoms with Crippen LogP contribution in [0.25, 0.3) is 0 Å². The second kappa shape index (κ2) is 9.33. The lowest BCUT2D eigenvalue weighted by Gasteiger charge is -2.37. The molecule has 1 aromatic heterocycles. The van der Waals surface area contributed by atoms with Crippen LogP contribution in [0.3, 0.4) is 0 Å². The quantitative estimate of drug-likeness (QED) is 0.589. The molecule has 0 bridgehead atoms. The van der Waals surface area contributed by atoms with Gasteiger partial charge in [-0.05, 0) is 49.1 Å². The number of para-hydroxylation sites is 1. The molecule has 0 aliphatic carbocycles. The third-order valence-electron chi connectivity index (χ3n) is 7.03. The Bertz CT molecular complexity index is 1180. The summed E-state index contributed by atoms with van der Waals surface area (Å²) in [4.78, 5) is 37.2. The van der Waals surface area contributed by atoms with Gasteiger partial charge in [0.25, 0.3) is 5.91 Å². The van der Waals surface area contributed by atoms with Crippen molar-refractivity contribution in [1.82, 2.24) is 14.5 Å². The highest BCUT2D eigenvalue weighted by Gasteiger charge is 2.34. The van der Waals surface area contributed by atoms with Crippen molar-refractivity contribution in [3.05, 3.63) is 77.9 Å². The Labute approximate surface area is 200 Å². The summed E-state index contributed by atoms with van der Waals surface area (Å²) in [5.74, 6) is -0.0366. The normalized spacial score (nSPS) is 16.5. The highest BCUT2D eigenvalue weighted by molar-refractivity contribution is 6.00. The Morgan fingerprint density at radius 3 is 2.53 bits per heavy atom. The Morgan fingerprint density at radius 2 is 1.76 bits per heavy atom. The maximum Gasteiger partial charge on any atom is 0.250 e. The van der Waals surface area contributed by atoms with Crippen molar-refractivity contribution in [2.45, 2.75) is 32.7 Å². The van der Waals surface area contributed by atoms with Gasteiger partial charge in [0, 0.05) is 56.5 Å². The number of piperazine rings is 1. The maximum atomic E-state index is 13.6. The van der Waals surface area contributed by atoms with Crippen LogP contribution in [-0.4, -0.2) is 59.0 Å². The van der Waals surface area contributed by atoms with Crippen LogP contribution in [0.5, 0.6) is 0 Å². The number of carbonyl (C=O) groups is 2. The van der Waals surface area contributed by atoms with Gasteiger partial charge < -0.3 is 19.3 Å². The molecule has 0 N–H and O–H groups in total. The molecule has 1 fully saturated rings. The Kier molecular flexibility index (Phi) is 6.09. The number of hydrogen-bond donors (Lipinski definition) is 0. The van der Waals surface area contributed by atoms with E-state index in [1.165, 1.54) is 22.4 Å². The van der Waals surface area contributed by atoms with Crippen LogP contribution < -0.4 is 9.80 Å². The zero-order valence-electron chi connectivity index (χ0n) is 19.9. The molecular weight excluding hydrogens is 426 g/mol. The van der Waals surface area contributed by atoms with Gasteiger partial charge in [-0.15, -0.1) is 0 Å². The van der Waals surface area contributed by atoms with Crippen molar-refractivity contribution in [3.8, 4) is 0 Å². The largest absolute Gasteiger partial charge is 0.368 e. The highest BCUT2D eigenvalue weighted by atomic mass is 16.2. The molecule has 2 aromatic carbocycles. The first kappa shape index (κ1) is 22.2. The highest BCUT2D eigenvalue weighted by Crippen LogP contribution is 2.31. The Balaban J connectivity index is 1.28. The van der Waals surface area contributed by atoms with E-state index in [2.05, 4.69) is 48.0 Å². The van der Waals surface area contributed by atoms with Gasteiger partial charge in [-0.2, -0.15) is 0 Å². The van der Waals surface area contributed by atoms with Gasteiger partial charge in [0.2, 0.25) is 5.91 Å². The lowest BCUT2D eigenvalue weighted by atomic mass is 10.1. The predicted octanol–water partition coefficient (Wildman–Crippen LogP) is 3.37. The first-order chi connectivity index (χ1) is 16.5. The molecule has 0 spiro atoms. The Hall–Kier alpha value is -3.61. The fraction of sp³-hybridized carbons (Fsp3) is 0.370. The Morgan fingerprint density at radius 1 is 0.971 bits per heavy atom. The monoisotopic (exact) mass is 457 g/mol. The lowest BCUT2D eigenvalue weighted by molar-refractivity contribution is -0.135. The van der Waals surface area contributed by atoms with Crippen molar-refractivity contribution in [3.63, 3.8) is 0 Å². The number of aryl methyl sites for hydroxylation is 2. The summed E-state index contributed by atoms with van der Waals surface area (Å²) >= 11 is 0. The fourth-order valence-corrected chi connectivity index (χ4v) is 5.07. The van der Waals surface area contributed by atoms with Gasteiger partial charge in [-0.25, -0.2) is 4.98 Å². The summed E-state index contributed by atoms with van der Waals surface area (Å²) in [7, 11) is 0. The summed E-state index contributed by atoms with van der Waals surface area (Å²) in [6.07, 6.45) is 6.04. The van der Waals surface area contributed by atoms with E-state index < -0.39 is 6.04 Å². The number of imidazole rings is 1. The molecular formula is C27H31N5O2. The second-order valence-corrected chi connectivity index (χ2v) is 9.26. The van der Waals surface area contributed by atoms with Crippen molar-refractivity contribution in [2.24, 2.45) is 0 Å². The average molecular weight is 458 g/mol. The van der Waals surface area contributed by atoms with E-state index in [1.54, 1.807) is 23.3 Å². The minimum absolute atomic E-state index is 0.0140. The molecule has 2 amide bonds. The van der Waals surface area contributed by atoms with E-state index in [0.29, 0.717) is 19.6 Å². The summed E-state index contributed by atoms with van der Waals surface area (Å²) in [6.45, 7) is 7.77. The number of rotatable bonds is 5. The molecule has 7 nitrogen and oxygen atoms in total.